The first-order valence-electron chi connectivity index (χ1n) is 7.50. The third-order valence-electron chi connectivity index (χ3n) is 3.86. The van der Waals surface area contributed by atoms with Crippen LogP contribution >= 0.6 is 0 Å². The zero-order valence-corrected chi connectivity index (χ0v) is 13.1. The van der Waals surface area contributed by atoms with Crippen molar-refractivity contribution in [1.82, 2.24) is 14.8 Å². The summed E-state index contributed by atoms with van der Waals surface area (Å²) in [7, 11) is 1.59. The van der Waals surface area contributed by atoms with Gasteiger partial charge >= 0.3 is 0 Å². The highest BCUT2D eigenvalue weighted by atomic mass is 16.6. The number of hydrogen-bond donors (Lipinski definition) is 1. The summed E-state index contributed by atoms with van der Waals surface area (Å²) in [6, 6.07) is 6.10. The zero-order chi connectivity index (χ0) is 17.1. The quantitative estimate of drug-likeness (QED) is 0.659. The van der Waals surface area contributed by atoms with Gasteiger partial charge in [0.1, 0.15) is 18.5 Å². The molecule has 1 aromatic heterocycles. The van der Waals surface area contributed by atoms with Crippen LogP contribution in [0.25, 0.3) is 0 Å². The summed E-state index contributed by atoms with van der Waals surface area (Å²) in [5.41, 5.74) is 0.682. The Kier molecular flexibility index (Phi) is 4.39. The molecule has 0 radical (unpaired) electrons. The summed E-state index contributed by atoms with van der Waals surface area (Å²) in [6.45, 7) is 1.13. The average Bonchev–Trinajstić information content (AvgIpc) is 2.99. The molecule has 24 heavy (non-hydrogen) atoms. The zero-order valence-electron chi connectivity index (χ0n) is 13.1. The van der Waals surface area contributed by atoms with Gasteiger partial charge in [0.2, 0.25) is 0 Å². The van der Waals surface area contributed by atoms with Gasteiger partial charge in [0.05, 0.1) is 22.2 Å². The van der Waals surface area contributed by atoms with Crippen molar-refractivity contribution in [2.45, 2.75) is 32.0 Å². The van der Waals surface area contributed by atoms with E-state index in [9.17, 15) is 15.4 Å². The molecule has 1 unspecified atom stereocenters. The van der Waals surface area contributed by atoms with Crippen molar-refractivity contribution >= 4 is 11.4 Å². The average molecular weight is 328 g/mol. The molecule has 2 heterocycles. The lowest BCUT2D eigenvalue weighted by molar-refractivity contribution is -0.384. The van der Waals surface area contributed by atoms with E-state index in [2.05, 4.69) is 15.4 Å². The summed E-state index contributed by atoms with van der Waals surface area (Å²) >= 11 is 0. The molecule has 0 spiro atoms. The van der Waals surface area contributed by atoms with E-state index >= 15 is 0 Å². The maximum Gasteiger partial charge on any atom is 0.270 e. The van der Waals surface area contributed by atoms with E-state index in [-0.39, 0.29) is 17.3 Å². The number of anilines is 1. The van der Waals surface area contributed by atoms with Crippen molar-refractivity contribution in [3.05, 3.63) is 45.5 Å². The minimum Gasteiger partial charge on any atom is -0.377 e. The predicted molar refractivity (Wildman–Crippen MR) is 84.1 cm³/mol. The fourth-order valence-corrected chi connectivity index (χ4v) is 2.78. The molecule has 1 aliphatic heterocycles. The molecular weight excluding hydrogens is 312 g/mol. The number of nitriles is 1. The van der Waals surface area contributed by atoms with E-state index < -0.39 is 4.92 Å². The van der Waals surface area contributed by atoms with Gasteiger partial charge in [-0.25, -0.2) is 9.67 Å². The minimum absolute atomic E-state index is 0.105. The van der Waals surface area contributed by atoms with Gasteiger partial charge in [-0.2, -0.15) is 10.4 Å². The van der Waals surface area contributed by atoms with Crippen LogP contribution in [0.1, 0.15) is 36.1 Å². The second-order valence-corrected chi connectivity index (χ2v) is 5.48. The Balaban J connectivity index is 1.88. The van der Waals surface area contributed by atoms with Gasteiger partial charge in [0.15, 0.2) is 5.82 Å². The number of hydrogen-bond acceptors (Lipinski definition) is 7. The molecular formula is C15H16N6O3. The normalized spacial score (nSPS) is 16.2. The number of non-ortho nitro benzene ring substituents is 1. The number of aromatic nitrogens is 3. The molecule has 0 bridgehead atoms. The summed E-state index contributed by atoms with van der Waals surface area (Å²) in [4.78, 5) is 14.8. The molecule has 3 rings (SSSR count). The second kappa shape index (κ2) is 6.64. The summed E-state index contributed by atoms with van der Waals surface area (Å²) in [5.74, 6) is 1.40. The molecule has 9 nitrogen and oxygen atoms in total. The van der Waals surface area contributed by atoms with E-state index in [4.69, 9.17) is 4.74 Å². The van der Waals surface area contributed by atoms with Crippen molar-refractivity contribution in [3.8, 4) is 6.07 Å². The maximum absolute atomic E-state index is 10.8. The summed E-state index contributed by atoms with van der Waals surface area (Å²) in [5, 5.41) is 27.8. The topological polar surface area (TPSA) is 119 Å². The van der Waals surface area contributed by atoms with Crippen LogP contribution in [0.3, 0.4) is 0 Å². The number of nitrogens with one attached hydrogen (secondary N) is 1. The van der Waals surface area contributed by atoms with Crippen LogP contribution in [0.15, 0.2) is 18.2 Å². The molecule has 2 aromatic rings. The Bertz CT molecular complexity index is 810. The maximum atomic E-state index is 10.8. The highest BCUT2D eigenvalue weighted by Gasteiger charge is 2.25. The van der Waals surface area contributed by atoms with Crippen LogP contribution < -0.4 is 5.32 Å². The van der Waals surface area contributed by atoms with Crippen molar-refractivity contribution in [1.29, 1.82) is 5.26 Å². The number of rotatable bonds is 5. The van der Waals surface area contributed by atoms with Gasteiger partial charge in [-0.3, -0.25) is 10.1 Å². The smallest absolute Gasteiger partial charge is 0.270 e. The van der Waals surface area contributed by atoms with Gasteiger partial charge in [0.25, 0.3) is 5.69 Å². The molecule has 0 amide bonds. The Morgan fingerprint density at radius 1 is 1.58 bits per heavy atom. The van der Waals surface area contributed by atoms with Gasteiger partial charge in [0, 0.05) is 25.8 Å². The number of nitro groups is 1. The van der Waals surface area contributed by atoms with E-state index in [1.807, 2.05) is 10.8 Å². The van der Waals surface area contributed by atoms with E-state index in [0.29, 0.717) is 18.1 Å². The van der Waals surface area contributed by atoms with Gasteiger partial charge < -0.3 is 10.1 Å². The molecule has 0 aliphatic carbocycles. The lowest BCUT2D eigenvalue weighted by Gasteiger charge is -2.24. The standard InChI is InChI=1S/C15H16N6O3/c1-24-9-14-18-15-13(3-2-6-20(15)19-14)17-12-5-4-11(21(22)23)7-10(12)8-16/h4-5,7,13,17H,2-3,6,9H2,1H3. The van der Waals surface area contributed by atoms with Crippen LogP contribution in [-0.2, 0) is 17.9 Å². The molecule has 124 valence electrons. The first kappa shape index (κ1) is 15.9. The number of nitro benzene ring substituents is 1. The highest BCUT2D eigenvalue weighted by molar-refractivity contribution is 5.62. The largest absolute Gasteiger partial charge is 0.377 e. The van der Waals surface area contributed by atoms with E-state index in [0.717, 1.165) is 25.2 Å². The lowest BCUT2D eigenvalue weighted by atomic mass is 10.1. The highest BCUT2D eigenvalue weighted by Crippen LogP contribution is 2.30. The Labute approximate surface area is 138 Å². The molecule has 1 N–H and O–H groups in total. The Morgan fingerprint density at radius 3 is 3.12 bits per heavy atom. The van der Waals surface area contributed by atoms with Crippen LogP contribution in [-0.4, -0.2) is 26.8 Å². The Morgan fingerprint density at radius 2 is 2.42 bits per heavy atom. The third-order valence-corrected chi connectivity index (χ3v) is 3.86. The van der Waals surface area contributed by atoms with Crippen molar-refractivity contribution in [2.24, 2.45) is 0 Å². The second-order valence-electron chi connectivity index (χ2n) is 5.48. The fraction of sp³-hybridized carbons (Fsp3) is 0.400. The van der Waals surface area contributed by atoms with Crippen molar-refractivity contribution in [2.75, 3.05) is 12.4 Å². The van der Waals surface area contributed by atoms with Crippen LogP contribution in [0.2, 0.25) is 0 Å². The summed E-state index contributed by atoms with van der Waals surface area (Å²) in [6.07, 6.45) is 1.77. The molecule has 0 saturated carbocycles. The van der Waals surface area contributed by atoms with E-state index in [1.54, 1.807) is 13.2 Å². The number of methoxy groups -OCH3 is 1. The van der Waals surface area contributed by atoms with Crippen LogP contribution in [0, 0.1) is 21.4 Å². The molecule has 9 heteroatoms. The number of nitrogens with zero attached hydrogens (tertiary/aromatic N) is 5. The monoisotopic (exact) mass is 328 g/mol. The number of aryl methyl sites for hydroxylation is 1. The first-order valence-corrected chi connectivity index (χ1v) is 7.50. The molecule has 1 aliphatic rings. The van der Waals surface area contributed by atoms with E-state index in [1.165, 1.54) is 12.1 Å². The lowest BCUT2D eigenvalue weighted by Crippen LogP contribution is -2.23. The predicted octanol–water partition coefficient (Wildman–Crippen LogP) is 2.15. The molecule has 1 atom stereocenters. The molecule has 0 saturated heterocycles. The third kappa shape index (κ3) is 3.04. The van der Waals surface area contributed by atoms with Gasteiger partial charge in [-0.05, 0) is 18.9 Å². The number of fused-ring (bicyclic) bond motifs is 1. The number of benzene rings is 1. The van der Waals surface area contributed by atoms with Crippen LogP contribution in [0.5, 0.6) is 0 Å². The number of ether oxygens (including phenoxy) is 1. The SMILES string of the molecule is COCc1nc2n(n1)CCCC2Nc1ccc([N+](=O)[O-])cc1C#N. The van der Waals surface area contributed by atoms with Crippen LogP contribution in [0.4, 0.5) is 11.4 Å². The van der Waals surface area contributed by atoms with Gasteiger partial charge in [-0.15, -0.1) is 0 Å². The Hall–Kier alpha value is -2.99. The van der Waals surface area contributed by atoms with Gasteiger partial charge in [-0.1, -0.05) is 0 Å². The molecule has 1 aromatic carbocycles. The summed E-state index contributed by atoms with van der Waals surface area (Å²) < 4.78 is 6.91. The fourth-order valence-electron chi connectivity index (χ4n) is 2.78. The molecule has 0 fully saturated rings. The minimum atomic E-state index is -0.515. The first-order chi connectivity index (χ1) is 11.6. The van der Waals surface area contributed by atoms with Crippen molar-refractivity contribution < 1.29 is 9.66 Å². The van der Waals surface area contributed by atoms with Crippen molar-refractivity contribution in [3.63, 3.8) is 0 Å².